The zero-order valence-electron chi connectivity index (χ0n) is 7.33. The van der Waals surface area contributed by atoms with Crippen molar-refractivity contribution in [2.45, 2.75) is 6.92 Å². The molecule has 0 spiro atoms. The third-order valence-corrected chi connectivity index (χ3v) is 3.09. The Morgan fingerprint density at radius 3 is 2.85 bits per heavy atom. The van der Waals surface area contributed by atoms with Crippen LogP contribution in [-0.2, 0) is 9.53 Å². The van der Waals surface area contributed by atoms with Crippen molar-refractivity contribution in [3.05, 3.63) is 26.4 Å². The van der Waals surface area contributed by atoms with E-state index >= 15 is 0 Å². The Labute approximate surface area is 89.3 Å². The molecule has 0 fully saturated rings. The predicted molar refractivity (Wildman–Crippen MR) is 57.7 cm³/mol. The summed E-state index contributed by atoms with van der Waals surface area (Å²) >= 11 is 4.92. The SMILES string of the molecule is COC(=O)C(C)=Cc1cc(Br)cs1. The molecule has 4 heteroatoms. The van der Waals surface area contributed by atoms with Crippen LogP contribution >= 0.6 is 27.3 Å². The molecule has 1 rings (SSSR count). The van der Waals surface area contributed by atoms with Gasteiger partial charge >= 0.3 is 5.97 Å². The Morgan fingerprint density at radius 2 is 2.38 bits per heavy atom. The first-order valence-corrected chi connectivity index (χ1v) is 5.31. The summed E-state index contributed by atoms with van der Waals surface area (Å²) in [4.78, 5) is 12.1. The standard InChI is InChI=1S/C9H9BrO2S/c1-6(9(11)12-2)3-8-4-7(10)5-13-8/h3-5H,1-2H3. The van der Waals surface area contributed by atoms with Gasteiger partial charge in [-0.05, 0) is 35.0 Å². The highest BCUT2D eigenvalue weighted by atomic mass is 79.9. The Kier molecular flexibility index (Phi) is 3.69. The van der Waals surface area contributed by atoms with Crippen LogP contribution in [0.5, 0.6) is 0 Å². The first-order valence-electron chi connectivity index (χ1n) is 3.64. The van der Waals surface area contributed by atoms with Gasteiger partial charge in [-0.1, -0.05) is 0 Å². The summed E-state index contributed by atoms with van der Waals surface area (Å²) in [5.74, 6) is -0.287. The minimum Gasteiger partial charge on any atom is -0.466 e. The van der Waals surface area contributed by atoms with Crippen molar-refractivity contribution >= 4 is 39.3 Å². The van der Waals surface area contributed by atoms with Gasteiger partial charge in [0.15, 0.2) is 0 Å². The van der Waals surface area contributed by atoms with E-state index in [0.29, 0.717) is 5.57 Å². The van der Waals surface area contributed by atoms with Crippen LogP contribution in [0.15, 0.2) is 21.5 Å². The maximum Gasteiger partial charge on any atom is 0.333 e. The highest BCUT2D eigenvalue weighted by Gasteiger charge is 2.03. The summed E-state index contributed by atoms with van der Waals surface area (Å²) in [6, 6.07) is 1.96. The molecule has 70 valence electrons. The molecule has 0 aliphatic rings. The molecule has 0 N–H and O–H groups in total. The van der Waals surface area contributed by atoms with E-state index in [9.17, 15) is 4.79 Å². The first kappa shape index (κ1) is 10.5. The number of hydrogen-bond acceptors (Lipinski definition) is 3. The Morgan fingerprint density at radius 1 is 1.69 bits per heavy atom. The van der Waals surface area contributed by atoms with Crippen molar-refractivity contribution in [2.75, 3.05) is 7.11 Å². The summed E-state index contributed by atoms with van der Waals surface area (Å²) in [6.45, 7) is 1.74. The molecular formula is C9H9BrO2S. The van der Waals surface area contributed by atoms with Gasteiger partial charge in [0.2, 0.25) is 0 Å². The minimum atomic E-state index is -0.287. The fraction of sp³-hybridized carbons (Fsp3) is 0.222. The Balaban J connectivity index is 2.82. The summed E-state index contributed by atoms with van der Waals surface area (Å²) in [5.41, 5.74) is 0.608. The van der Waals surface area contributed by atoms with Crippen molar-refractivity contribution in [2.24, 2.45) is 0 Å². The lowest BCUT2D eigenvalue weighted by molar-refractivity contribution is -0.135. The van der Waals surface area contributed by atoms with Gasteiger partial charge in [0.25, 0.3) is 0 Å². The third-order valence-electron chi connectivity index (χ3n) is 1.45. The molecule has 0 aromatic carbocycles. The van der Waals surface area contributed by atoms with E-state index in [1.54, 1.807) is 24.3 Å². The second-order valence-electron chi connectivity index (χ2n) is 2.49. The molecule has 0 aliphatic carbocycles. The van der Waals surface area contributed by atoms with E-state index in [2.05, 4.69) is 20.7 Å². The monoisotopic (exact) mass is 260 g/mol. The van der Waals surface area contributed by atoms with Crippen molar-refractivity contribution in [3.8, 4) is 0 Å². The van der Waals surface area contributed by atoms with Gasteiger partial charge < -0.3 is 4.74 Å². The van der Waals surface area contributed by atoms with E-state index in [4.69, 9.17) is 0 Å². The quantitative estimate of drug-likeness (QED) is 0.604. The molecule has 0 atom stereocenters. The number of esters is 1. The molecule has 0 saturated heterocycles. The van der Waals surface area contributed by atoms with Crippen LogP contribution in [0.25, 0.3) is 6.08 Å². The number of methoxy groups -OCH3 is 1. The van der Waals surface area contributed by atoms with Crippen LogP contribution in [0, 0.1) is 0 Å². The summed E-state index contributed by atoms with van der Waals surface area (Å²) in [7, 11) is 1.38. The Hall–Kier alpha value is -0.610. The van der Waals surface area contributed by atoms with Gasteiger partial charge in [0, 0.05) is 20.3 Å². The third kappa shape index (κ3) is 2.97. The van der Waals surface area contributed by atoms with Crippen LogP contribution in [0.3, 0.4) is 0 Å². The number of carbonyl (C=O) groups is 1. The lowest BCUT2D eigenvalue weighted by atomic mass is 10.2. The zero-order chi connectivity index (χ0) is 9.84. The Bertz CT molecular complexity index is 341. The maximum absolute atomic E-state index is 11.0. The van der Waals surface area contributed by atoms with Crippen molar-refractivity contribution < 1.29 is 9.53 Å². The van der Waals surface area contributed by atoms with E-state index in [0.717, 1.165) is 9.35 Å². The highest BCUT2D eigenvalue weighted by Crippen LogP contribution is 2.22. The van der Waals surface area contributed by atoms with Crippen LogP contribution in [0.4, 0.5) is 0 Å². The minimum absolute atomic E-state index is 0.287. The van der Waals surface area contributed by atoms with Gasteiger partial charge in [0.05, 0.1) is 7.11 Å². The molecule has 1 aromatic heterocycles. The summed E-state index contributed by atoms with van der Waals surface area (Å²) in [5, 5.41) is 1.97. The van der Waals surface area contributed by atoms with Crippen LogP contribution < -0.4 is 0 Å². The zero-order valence-corrected chi connectivity index (χ0v) is 9.74. The van der Waals surface area contributed by atoms with Gasteiger partial charge in [-0.15, -0.1) is 11.3 Å². The first-order chi connectivity index (χ1) is 6.13. The van der Waals surface area contributed by atoms with Gasteiger partial charge in [-0.2, -0.15) is 0 Å². The second-order valence-corrected chi connectivity index (χ2v) is 4.34. The average molecular weight is 261 g/mol. The number of carbonyl (C=O) groups excluding carboxylic acids is 1. The van der Waals surface area contributed by atoms with Crippen molar-refractivity contribution in [1.82, 2.24) is 0 Å². The molecule has 1 heterocycles. The molecule has 0 radical (unpaired) electrons. The second kappa shape index (κ2) is 4.58. The predicted octanol–water partition coefficient (Wildman–Crippen LogP) is 3.09. The van der Waals surface area contributed by atoms with Crippen molar-refractivity contribution in [1.29, 1.82) is 0 Å². The lowest BCUT2D eigenvalue weighted by Crippen LogP contribution is -2.00. The lowest BCUT2D eigenvalue weighted by Gasteiger charge is -1.96. The van der Waals surface area contributed by atoms with Crippen LogP contribution in [-0.4, -0.2) is 13.1 Å². The summed E-state index contributed by atoms with van der Waals surface area (Å²) < 4.78 is 5.61. The molecule has 0 saturated carbocycles. The topological polar surface area (TPSA) is 26.3 Å². The van der Waals surface area contributed by atoms with Crippen molar-refractivity contribution in [3.63, 3.8) is 0 Å². The van der Waals surface area contributed by atoms with Gasteiger partial charge in [-0.3, -0.25) is 0 Å². The fourth-order valence-electron chi connectivity index (χ4n) is 0.837. The molecule has 0 unspecified atom stereocenters. The highest BCUT2D eigenvalue weighted by molar-refractivity contribution is 9.10. The smallest absolute Gasteiger partial charge is 0.333 e. The largest absolute Gasteiger partial charge is 0.466 e. The number of ether oxygens (including phenoxy) is 1. The van der Waals surface area contributed by atoms with Crippen LogP contribution in [0.2, 0.25) is 0 Å². The molecule has 0 bridgehead atoms. The molecule has 0 amide bonds. The average Bonchev–Trinajstić information content (AvgIpc) is 2.49. The fourth-order valence-corrected chi connectivity index (χ4v) is 2.27. The van der Waals surface area contributed by atoms with Gasteiger partial charge in [-0.25, -0.2) is 4.79 Å². The number of thiophene rings is 1. The number of hydrogen-bond donors (Lipinski definition) is 0. The van der Waals surface area contributed by atoms with Gasteiger partial charge in [0.1, 0.15) is 0 Å². The van der Waals surface area contributed by atoms with Crippen LogP contribution in [0.1, 0.15) is 11.8 Å². The molecule has 13 heavy (non-hydrogen) atoms. The number of rotatable bonds is 2. The van der Waals surface area contributed by atoms with E-state index in [1.165, 1.54) is 7.11 Å². The summed E-state index contributed by atoms with van der Waals surface area (Å²) in [6.07, 6.45) is 1.81. The van der Waals surface area contributed by atoms with E-state index in [1.807, 2.05) is 11.4 Å². The molecule has 2 nitrogen and oxygen atoms in total. The number of halogens is 1. The molecule has 0 aliphatic heterocycles. The normalized spacial score (nSPS) is 11.5. The van der Waals surface area contributed by atoms with E-state index < -0.39 is 0 Å². The molecule has 1 aromatic rings. The van der Waals surface area contributed by atoms with E-state index in [-0.39, 0.29) is 5.97 Å². The maximum atomic E-state index is 11.0. The molecular weight excluding hydrogens is 252 g/mol.